The first-order chi connectivity index (χ1) is 18.7. The van der Waals surface area contributed by atoms with Crippen molar-refractivity contribution in [2.24, 2.45) is 0 Å². The Kier molecular flexibility index (Phi) is 6.02. The molecule has 0 radical (unpaired) electrons. The number of H-pyrrole nitrogens is 1. The van der Waals surface area contributed by atoms with Gasteiger partial charge in [0.15, 0.2) is 0 Å². The standard InChI is InChI=1S/C32H32N4O3/c1-18-15-25-26(16-19(18)2)34-32(33-25)36-28(21-11-13-24(14-12-21)35(3)4)27(30(38)31(36)39)29(37)23-10-9-20-7-5-6-8-22(20)17-23/h9-17,28,37H,5-8H2,1-4H3,(H,33,34)/b29-27+. The highest BCUT2D eigenvalue weighted by molar-refractivity contribution is 6.51. The number of hydrogen-bond donors (Lipinski definition) is 2. The molecule has 0 bridgehead atoms. The van der Waals surface area contributed by atoms with E-state index in [2.05, 4.69) is 4.98 Å². The maximum atomic E-state index is 13.6. The monoisotopic (exact) mass is 520 g/mol. The van der Waals surface area contributed by atoms with Gasteiger partial charge in [-0.3, -0.25) is 14.5 Å². The van der Waals surface area contributed by atoms with Crippen LogP contribution in [-0.2, 0) is 22.4 Å². The lowest BCUT2D eigenvalue weighted by molar-refractivity contribution is -0.132. The van der Waals surface area contributed by atoms with Gasteiger partial charge in [-0.05, 0) is 97.7 Å². The van der Waals surface area contributed by atoms with Gasteiger partial charge in [-0.25, -0.2) is 4.98 Å². The highest BCUT2D eigenvalue weighted by Gasteiger charge is 2.48. The minimum atomic E-state index is -0.833. The molecule has 1 aliphatic heterocycles. The number of fused-ring (bicyclic) bond motifs is 2. The number of Topliss-reactive ketones (excluding diaryl/α,β-unsaturated/α-hetero) is 1. The van der Waals surface area contributed by atoms with Crippen LogP contribution in [0.2, 0.25) is 0 Å². The summed E-state index contributed by atoms with van der Waals surface area (Å²) in [6, 6.07) is 16.7. The number of aromatic amines is 1. The summed E-state index contributed by atoms with van der Waals surface area (Å²) < 4.78 is 0. The second-order valence-corrected chi connectivity index (χ2v) is 10.9. The summed E-state index contributed by atoms with van der Waals surface area (Å²) in [5.74, 6) is -1.32. The van der Waals surface area contributed by atoms with Crippen LogP contribution in [0.1, 0.15) is 52.3 Å². The number of nitrogens with one attached hydrogen (secondary N) is 1. The molecule has 3 aromatic carbocycles. The number of hydrogen-bond acceptors (Lipinski definition) is 5. The molecule has 1 fully saturated rings. The van der Waals surface area contributed by atoms with E-state index in [9.17, 15) is 14.7 Å². The van der Waals surface area contributed by atoms with E-state index in [1.165, 1.54) is 16.0 Å². The number of aryl methyl sites for hydroxylation is 4. The molecule has 0 spiro atoms. The van der Waals surface area contributed by atoms with Gasteiger partial charge in [-0.15, -0.1) is 0 Å². The van der Waals surface area contributed by atoms with Gasteiger partial charge in [0.2, 0.25) is 5.95 Å². The Balaban J connectivity index is 1.53. The molecule has 1 unspecified atom stereocenters. The van der Waals surface area contributed by atoms with Crippen molar-refractivity contribution in [2.45, 2.75) is 45.6 Å². The first kappa shape index (κ1) is 24.9. The van der Waals surface area contributed by atoms with E-state index < -0.39 is 17.7 Å². The lowest BCUT2D eigenvalue weighted by atomic mass is 9.88. The Morgan fingerprint density at radius 1 is 0.949 bits per heavy atom. The SMILES string of the molecule is Cc1cc2nc(N3C(=O)C(=O)/C(=C(/O)c4ccc5c(c4)CCCC5)C3c3ccc(N(C)C)cc3)[nH]c2cc1C. The smallest absolute Gasteiger partial charge is 0.302 e. The van der Waals surface area contributed by atoms with Crippen molar-refractivity contribution >= 4 is 40.1 Å². The van der Waals surface area contributed by atoms with Crippen LogP contribution in [0.4, 0.5) is 11.6 Å². The molecule has 7 nitrogen and oxygen atoms in total. The highest BCUT2D eigenvalue weighted by Crippen LogP contribution is 2.42. The van der Waals surface area contributed by atoms with Gasteiger partial charge < -0.3 is 15.0 Å². The minimum Gasteiger partial charge on any atom is -0.507 e. The molecule has 4 aromatic rings. The van der Waals surface area contributed by atoms with Gasteiger partial charge >= 0.3 is 5.91 Å². The third kappa shape index (κ3) is 4.18. The van der Waals surface area contributed by atoms with Crippen LogP contribution < -0.4 is 9.80 Å². The number of aliphatic hydroxyl groups is 1. The van der Waals surface area contributed by atoms with E-state index in [0.29, 0.717) is 16.6 Å². The Morgan fingerprint density at radius 3 is 2.36 bits per heavy atom. The number of nitrogens with zero attached hydrogens (tertiary/aromatic N) is 3. The van der Waals surface area contributed by atoms with Gasteiger partial charge in [0.05, 0.1) is 22.6 Å². The number of aromatic nitrogens is 2. The molecule has 1 amide bonds. The van der Waals surface area contributed by atoms with Crippen molar-refractivity contribution in [3.63, 3.8) is 0 Å². The van der Waals surface area contributed by atoms with Gasteiger partial charge in [0, 0.05) is 25.3 Å². The molecule has 7 heteroatoms. The van der Waals surface area contributed by atoms with Crippen LogP contribution in [0.15, 0.2) is 60.2 Å². The summed E-state index contributed by atoms with van der Waals surface area (Å²) in [6.07, 6.45) is 4.22. The average molecular weight is 521 g/mol. The van der Waals surface area contributed by atoms with E-state index in [-0.39, 0.29) is 17.3 Å². The van der Waals surface area contributed by atoms with Crippen LogP contribution in [-0.4, -0.2) is 40.9 Å². The Morgan fingerprint density at radius 2 is 1.64 bits per heavy atom. The topological polar surface area (TPSA) is 89.5 Å². The summed E-state index contributed by atoms with van der Waals surface area (Å²) in [4.78, 5) is 38.6. The minimum absolute atomic E-state index is 0.0705. The molecular weight excluding hydrogens is 488 g/mol. The average Bonchev–Trinajstić information content (AvgIpc) is 3.45. The third-order valence-corrected chi connectivity index (χ3v) is 8.10. The molecule has 2 N–H and O–H groups in total. The zero-order valence-electron chi connectivity index (χ0n) is 22.7. The molecule has 6 rings (SSSR count). The van der Waals surface area contributed by atoms with Gasteiger partial charge in [0.1, 0.15) is 5.76 Å². The second-order valence-electron chi connectivity index (χ2n) is 10.9. The molecule has 1 atom stereocenters. The van der Waals surface area contributed by atoms with E-state index in [1.54, 1.807) is 0 Å². The summed E-state index contributed by atoms with van der Waals surface area (Å²) in [7, 11) is 3.91. The third-order valence-electron chi connectivity index (χ3n) is 8.10. The first-order valence-corrected chi connectivity index (χ1v) is 13.4. The second kappa shape index (κ2) is 9.42. The van der Waals surface area contributed by atoms with E-state index >= 15 is 0 Å². The Bertz CT molecular complexity index is 1620. The molecule has 2 aliphatic rings. The van der Waals surface area contributed by atoms with E-state index in [1.807, 2.05) is 87.4 Å². The number of anilines is 2. The summed E-state index contributed by atoms with van der Waals surface area (Å²) >= 11 is 0. The summed E-state index contributed by atoms with van der Waals surface area (Å²) in [5, 5.41) is 11.6. The number of amides is 1. The number of rotatable bonds is 4. The van der Waals surface area contributed by atoms with Crippen molar-refractivity contribution in [1.82, 2.24) is 9.97 Å². The zero-order valence-corrected chi connectivity index (χ0v) is 22.7. The molecule has 1 saturated heterocycles. The van der Waals surface area contributed by atoms with Crippen molar-refractivity contribution in [3.05, 3.63) is 93.6 Å². The Hall–Kier alpha value is -4.39. The van der Waals surface area contributed by atoms with Crippen LogP contribution >= 0.6 is 0 Å². The first-order valence-electron chi connectivity index (χ1n) is 13.4. The Labute approximate surface area is 227 Å². The van der Waals surface area contributed by atoms with Crippen molar-refractivity contribution in [1.29, 1.82) is 0 Å². The van der Waals surface area contributed by atoms with Crippen LogP contribution in [0.5, 0.6) is 0 Å². The van der Waals surface area contributed by atoms with Gasteiger partial charge in [-0.1, -0.05) is 24.3 Å². The summed E-state index contributed by atoms with van der Waals surface area (Å²) in [6.45, 7) is 4.03. The lowest BCUT2D eigenvalue weighted by Crippen LogP contribution is -2.30. The van der Waals surface area contributed by atoms with E-state index in [0.717, 1.165) is 48.0 Å². The molecule has 0 saturated carbocycles. The predicted molar refractivity (Wildman–Crippen MR) is 154 cm³/mol. The predicted octanol–water partition coefficient (Wildman–Crippen LogP) is 5.75. The highest BCUT2D eigenvalue weighted by atomic mass is 16.3. The normalized spacial score (nSPS) is 18.6. The maximum absolute atomic E-state index is 13.6. The molecule has 198 valence electrons. The van der Waals surface area contributed by atoms with Crippen LogP contribution in [0.3, 0.4) is 0 Å². The quantitative estimate of drug-likeness (QED) is 0.203. The molecular formula is C32H32N4O3. The number of aliphatic hydroxyl groups excluding tert-OH is 1. The number of carbonyl (C=O) groups is 2. The number of benzene rings is 3. The molecule has 39 heavy (non-hydrogen) atoms. The summed E-state index contributed by atoms with van der Waals surface area (Å²) in [5.41, 5.74) is 8.48. The number of ketones is 1. The van der Waals surface area contributed by atoms with Gasteiger partial charge in [0.25, 0.3) is 5.78 Å². The lowest BCUT2D eigenvalue weighted by Gasteiger charge is -2.24. The number of carbonyl (C=O) groups excluding carboxylic acids is 2. The maximum Gasteiger partial charge on any atom is 0.302 e. The number of imidazole rings is 1. The largest absolute Gasteiger partial charge is 0.507 e. The fraction of sp³-hybridized carbons (Fsp3) is 0.281. The molecule has 2 heterocycles. The molecule has 1 aliphatic carbocycles. The zero-order chi connectivity index (χ0) is 27.4. The fourth-order valence-electron chi connectivity index (χ4n) is 5.73. The van der Waals surface area contributed by atoms with Gasteiger partial charge in [-0.2, -0.15) is 0 Å². The molecule has 1 aromatic heterocycles. The fourth-order valence-corrected chi connectivity index (χ4v) is 5.73. The van der Waals surface area contributed by atoms with E-state index in [4.69, 9.17) is 4.98 Å². The van der Waals surface area contributed by atoms with Crippen molar-refractivity contribution in [2.75, 3.05) is 23.9 Å². The van der Waals surface area contributed by atoms with Crippen molar-refractivity contribution < 1.29 is 14.7 Å². The van der Waals surface area contributed by atoms with Crippen LogP contribution in [0.25, 0.3) is 16.8 Å². The van der Waals surface area contributed by atoms with Crippen molar-refractivity contribution in [3.8, 4) is 0 Å². The van der Waals surface area contributed by atoms with Crippen LogP contribution in [0, 0.1) is 13.8 Å².